The van der Waals surface area contributed by atoms with E-state index in [-0.39, 0.29) is 13.0 Å². The van der Waals surface area contributed by atoms with Gasteiger partial charge in [0.05, 0.1) is 19.8 Å². The molecule has 0 rings (SSSR count). The average Bonchev–Trinajstić information content (AvgIpc) is 3.21. The van der Waals surface area contributed by atoms with E-state index in [1.54, 1.807) is 0 Å². The number of ether oxygens (including phenoxy) is 2. The number of hydrogen-bond acceptors (Lipinski definition) is 8. The number of nitrogens with two attached hydrogens (primary N) is 1. The van der Waals surface area contributed by atoms with Gasteiger partial charge in [-0.1, -0.05) is 190 Å². The van der Waals surface area contributed by atoms with Crippen LogP contribution in [0.1, 0.15) is 194 Å². The Kier molecular flexibility index (Phi) is 42.0. The number of carbonyl (C=O) groups excluding carboxylic acids is 1. The van der Waals surface area contributed by atoms with Crippen LogP contribution in [0.5, 0.6) is 0 Å². The number of hydrogen-bond donors (Lipinski definition) is 3. The minimum atomic E-state index is -4.63. The SMILES string of the molecule is CC/C=C\C/C=C\C/C=C\C/C=C\C/C=C\CCCCOCC(COP(=O)(O)OCC(N)C(=O)O)OC(=O)CCCCCCCCCCCCCCCCCCCCC. The average molecular weight is 852 g/mol. The predicted octanol–water partition coefficient (Wildman–Crippen LogP) is 13.2. The second-order valence-corrected chi connectivity index (χ2v) is 17.0. The Bertz CT molecular complexity index is 1170. The molecule has 0 spiro atoms. The highest BCUT2D eigenvalue weighted by atomic mass is 31.2. The van der Waals surface area contributed by atoms with E-state index < -0.39 is 45.1 Å². The molecule has 0 heterocycles. The van der Waals surface area contributed by atoms with Gasteiger partial charge in [0.25, 0.3) is 0 Å². The number of esters is 1. The predicted molar refractivity (Wildman–Crippen MR) is 244 cm³/mol. The number of carboxylic acids is 1. The van der Waals surface area contributed by atoms with E-state index in [1.165, 1.54) is 96.3 Å². The highest BCUT2D eigenvalue weighted by Gasteiger charge is 2.27. The second kappa shape index (κ2) is 43.7. The summed E-state index contributed by atoms with van der Waals surface area (Å²) >= 11 is 0. The smallest absolute Gasteiger partial charge is 0.472 e. The topological polar surface area (TPSA) is 155 Å². The quantitative estimate of drug-likeness (QED) is 0.0233. The molecule has 0 aliphatic rings. The van der Waals surface area contributed by atoms with Gasteiger partial charge in [0.2, 0.25) is 0 Å². The fourth-order valence-electron chi connectivity index (χ4n) is 6.22. The van der Waals surface area contributed by atoms with Crippen LogP contribution in [0.4, 0.5) is 0 Å². The summed E-state index contributed by atoms with van der Waals surface area (Å²) in [7, 11) is -4.63. The third-order valence-electron chi connectivity index (χ3n) is 9.81. The summed E-state index contributed by atoms with van der Waals surface area (Å²) in [5, 5.41) is 8.91. The molecule has 0 radical (unpaired) electrons. The van der Waals surface area contributed by atoms with Gasteiger partial charge in [-0.05, 0) is 57.8 Å². The first-order valence-electron chi connectivity index (χ1n) is 23.3. The van der Waals surface area contributed by atoms with Crippen molar-refractivity contribution in [2.45, 2.75) is 206 Å². The second-order valence-electron chi connectivity index (χ2n) is 15.5. The monoisotopic (exact) mass is 852 g/mol. The summed E-state index contributed by atoms with van der Waals surface area (Å²) in [5.41, 5.74) is 5.36. The molecule has 4 N–H and O–H groups in total. The maximum absolute atomic E-state index is 12.7. The van der Waals surface area contributed by atoms with E-state index in [0.29, 0.717) is 13.0 Å². The maximum atomic E-state index is 12.7. The zero-order valence-corrected chi connectivity index (χ0v) is 38.2. The Morgan fingerprint density at radius 3 is 1.44 bits per heavy atom. The molecule has 342 valence electrons. The Morgan fingerprint density at radius 1 is 0.559 bits per heavy atom. The van der Waals surface area contributed by atoms with Crippen molar-refractivity contribution in [3.63, 3.8) is 0 Å². The van der Waals surface area contributed by atoms with Gasteiger partial charge >= 0.3 is 19.8 Å². The lowest BCUT2D eigenvalue weighted by Crippen LogP contribution is -2.34. The first kappa shape index (κ1) is 56.7. The normalized spacial score (nSPS) is 14.4. The minimum absolute atomic E-state index is 0.0127. The van der Waals surface area contributed by atoms with Gasteiger partial charge in [-0.15, -0.1) is 0 Å². The number of phosphoric acid groups is 1. The first-order chi connectivity index (χ1) is 28.7. The van der Waals surface area contributed by atoms with Gasteiger partial charge in [-0.3, -0.25) is 18.6 Å². The minimum Gasteiger partial charge on any atom is -0.480 e. The number of rotatable bonds is 44. The highest BCUT2D eigenvalue weighted by molar-refractivity contribution is 7.47. The van der Waals surface area contributed by atoms with Crippen molar-refractivity contribution >= 4 is 19.8 Å². The molecule has 0 saturated heterocycles. The summed E-state index contributed by atoms with van der Waals surface area (Å²) in [6, 6.07) is -1.48. The van der Waals surface area contributed by atoms with Crippen molar-refractivity contribution in [1.29, 1.82) is 0 Å². The molecule has 0 bridgehead atoms. The van der Waals surface area contributed by atoms with Gasteiger partial charge in [0.15, 0.2) is 0 Å². The lowest BCUT2D eigenvalue weighted by atomic mass is 10.0. The Balaban J connectivity index is 4.26. The van der Waals surface area contributed by atoms with E-state index in [0.717, 1.165) is 70.6 Å². The third kappa shape index (κ3) is 43.6. The van der Waals surface area contributed by atoms with Crippen LogP contribution in [0, 0.1) is 0 Å². The molecule has 0 saturated carbocycles. The third-order valence-corrected chi connectivity index (χ3v) is 10.8. The summed E-state index contributed by atoms with van der Waals surface area (Å²) in [6.07, 6.45) is 52.8. The summed E-state index contributed by atoms with van der Waals surface area (Å²) < 4.78 is 33.4. The Labute approximate surface area is 360 Å². The van der Waals surface area contributed by atoms with Crippen molar-refractivity contribution < 1.29 is 42.7 Å². The van der Waals surface area contributed by atoms with Crippen molar-refractivity contribution in [1.82, 2.24) is 0 Å². The molecule has 3 unspecified atom stereocenters. The van der Waals surface area contributed by atoms with E-state index in [9.17, 15) is 19.0 Å². The van der Waals surface area contributed by atoms with Crippen LogP contribution in [0.3, 0.4) is 0 Å². The van der Waals surface area contributed by atoms with Gasteiger partial charge in [-0.25, -0.2) is 4.57 Å². The van der Waals surface area contributed by atoms with Crippen LogP contribution in [0.15, 0.2) is 60.8 Å². The molecule has 59 heavy (non-hydrogen) atoms. The number of allylic oxidation sites excluding steroid dienone is 10. The number of phosphoric ester groups is 1. The van der Waals surface area contributed by atoms with Crippen LogP contribution >= 0.6 is 7.82 Å². The molecule has 0 aromatic rings. The van der Waals surface area contributed by atoms with Crippen LogP contribution in [0.2, 0.25) is 0 Å². The molecule has 0 aliphatic carbocycles. The Morgan fingerprint density at radius 2 is 0.983 bits per heavy atom. The van der Waals surface area contributed by atoms with Gasteiger partial charge < -0.3 is 25.2 Å². The van der Waals surface area contributed by atoms with E-state index in [4.69, 9.17) is 29.4 Å². The molecule has 0 amide bonds. The molecule has 0 fully saturated rings. The molecule has 0 aliphatic heterocycles. The number of carboxylic acid groups (broad SMARTS) is 1. The lowest BCUT2D eigenvalue weighted by Gasteiger charge is -2.20. The fourth-order valence-corrected chi connectivity index (χ4v) is 7.00. The van der Waals surface area contributed by atoms with E-state index >= 15 is 0 Å². The number of unbranched alkanes of at least 4 members (excludes halogenated alkanes) is 20. The molecule has 0 aromatic carbocycles. The molecular weight excluding hydrogens is 765 g/mol. The summed E-state index contributed by atoms with van der Waals surface area (Å²) in [4.78, 5) is 33.6. The Hall–Kier alpha value is -2.33. The van der Waals surface area contributed by atoms with Crippen molar-refractivity contribution in [2.75, 3.05) is 26.4 Å². The van der Waals surface area contributed by atoms with Crippen molar-refractivity contribution in [3.8, 4) is 0 Å². The maximum Gasteiger partial charge on any atom is 0.472 e. The standard InChI is InChI=1S/C48H86NO9P/c1-3-5-7-9-11-13-15-17-19-21-23-24-26-28-30-32-34-36-38-40-47(50)58-45(43-56-59(53,54)57-44-46(49)48(51)52)42-55-41-39-37-35-33-31-29-27-25-22-20-18-16-14-12-10-8-6-4-2/h6,8,12,14,18,20,25,27,31,33,45-46H,3-5,7,9-11,13,15-17,19,21-24,26,28-30,32,34-44,49H2,1-2H3,(H,51,52)(H,53,54)/b8-6-,14-12-,20-18-,27-25-,33-31-. The molecule has 3 atom stereocenters. The largest absolute Gasteiger partial charge is 0.480 e. The van der Waals surface area contributed by atoms with Gasteiger partial charge in [-0.2, -0.15) is 0 Å². The number of carbonyl (C=O) groups is 2. The zero-order chi connectivity index (χ0) is 43.3. The van der Waals surface area contributed by atoms with Crippen LogP contribution in [-0.4, -0.2) is 60.5 Å². The van der Waals surface area contributed by atoms with Crippen LogP contribution in [-0.2, 0) is 32.7 Å². The molecular formula is C48H86NO9P. The lowest BCUT2D eigenvalue weighted by molar-refractivity contribution is -0.154. The van der Waals surface area contributed by atoms with Crippen LogP contribution in [0.25, 0.3) is 0 Å². The summed E-state index contributed by atoms with van der Waals surface area (Å²) in [6.45, 7) is 3.68. The van der Waals surface area contributed by atoms with E-state index in [2.05, 4.69) is 74.6 Å². The number of aliphatic carboxylic acids is 1. The molecule has 11 heteroatoms. The van der Waals surface area contributed by atoms with Gasteiger partial charge in [0, 0.05) is 13.0 Å². The van der Waals surface area contributed by atoms with E-state index in [1.807, 2.05) is 0 Å². The molecule has 0 aromatic heterocycles. The first-order valence-corrected chi connectivity index (χ1v) is 24.8. The van der Waals surface area contributed by atoms with Crippen LogP contribution < -0.4 is 5.73 Å². The fraction of sp³-hybridized carbons (Fsp3) is 0.750. The van der Waals surface area contributed by atoms with Gasteiger partial charge in [0.1, 0.15) is 12.1 Å². The van der Waals surface area contributed by atoms with Crippen molar-refractivity contribution in [3.05, 3.63) is 60.8 Å². The molecule has 10 nitrogen and oxygen atoms in total. The van der Waals surface area contributed by atoms with Crippen molar-refractivity contribution in [2.24, 2.45) is 5.73 Å². The summed E-state index contributed by atoms with van der Waals surface area (Å²) in [5.74, 6) is -1.80. The highest BCUT2D eigenvalue weighted by Crippen LogP contribution is 2.43. The zero-order valence-electron chi connectivity index (χ0n) is 37.3.